The van der Waals surface area contributed by atoms with Crippen molar-refractivity contribution in [2.24, 2.45) is 7.05 Å². The van der Waals surface area contributed by atoms with Crippen molar-refractivity contribution in [3.63, 3.8) is 0 Å². The number of hydrogen-bond acceptors (Lipinski definition) is 5. The number of halogens is 3. The second kappa shape index (κ2) is 8.48. The number of nitrogens with zero attached hydrogens (tertiary/aromatic N) is 3. The van der Waals surface area contributed by atoms with Gasteiger partial charge >= 0.3 is 6.18 Å². The van der Waals surface area contributed by atoms with Crippen molar-refractivity contribution in [3.8, 4) is 11.1 Å². The molecule has 0 saturated heterocycles. The van der Waals surface area contributed by atoms with Gasteiger partial charge in [0.1, 0.15) is 11.6 Å². The molecule has 34 heavy (non-hydrogen) atoms. The summed E-state index contributed by atoms with van der Waals surface area (Å²) >= 11 is 0. The number of hydrogen-bond donors (Lipinski definition) is 2. The van der Waals surface area contributed by atoms with Gasteiger partial charge in [0, 0.05) is 30.4 Å². The van der Waals surface area contributed by atoms with Crippen LogP contribution in [-0.4, -0.2) is 14.5 Å². The van der Waals surface area contributed by atoms with Gasteiger partial charge in [-0.1, -0.05) is 0 Å². The molecule has 9 heteroatoms. The molecule has 0 bridgehead atoms. The first kappa shape index (κ1) is 23.3. The third-order valence-electron chi connectivity index (χ3n) is 5.71. The minimum atomic E-state index is -4.50. The molecule has 2 heterocycles. The van der Waals surface area contributed by atoms with Crippen LogP contribution in [0.25, 0.3) is 22.0 Å². The minimum absolute atomic E-state index is 0.0369. The highest BCUT2D eigenvalue weighted by Crippen LogP contribution is 2.35. The topological polar surface area (TPSA) is 85.8 Å². The molecule has 0 aliphatic rings. The van der Waals surface area contributed by atoms with E-state index < -0.39 is 17.8 Å². The molecular formula is C25H24F3N5O. The van der Waals surface area contributed by atoms with E-state index in [-0.39, 0.29) is 11.2 Å². The number of benzene rings is 2. The van der Waals surface area contributed by atoms with Crippen LogP contribution >= 0.6 is 0 Å². The van der Waals surface area contributed by atoms with Gasteiger partial charge in [0.15, 0.2) is 0 Å². The number of nitrogen functional groups attached to an aromatic ring is 1. The quantitative estimate of drug-likeness (QED) is 0.393. The lowest BCUT2D eigenvalue weighted by molar-refractivity contribution is -0.137. The number of aryl methyl sites for hydroxylation is 3. The summed E-state index contributed by atoms with van der Waals surface area (Å²) in [4.78, 5) is 20.9. The summed E-state index contributed by atoms with van der Waals surface area (Å²) < 4.78 is 41.3. The summed E-state index contributed by atoms with van der Waals surface area (Å²) in [5.74, 6) is 1.03. The lowest BCUT2D eigenvalue weighted by Crippen LogP contribution is -2.14. The number of aromatic nitrogens is 3. The van der Waals surface area contributed by atoms with Crippen molar-refractivity contribution in [1.29, 1.82) is 0 Å². The molecule has 4 rings (SSSR count). The normalized spacial score (nSPS) is 12.7. The first-order chi connectivity index (χ1) is 15.9. The van der Waals surface area contributed by atoms with Crippen LogP contribution in [0, 0.1) is 13.8 Å². The standard InChI is InChI=1S/C25H24F3N5O/c1-13-7-22-21(11-20(13)16-5-6-23(34)33(4)12-16)24(32-15(3)31-22)30-14(2)17-8-18(25(26,27)28)10-19(29)9-17/h5-12,14H,29H2,1-4H3,(H,30,31,32)/t14-/m1/s1. The van der Waals surface area contributed by atoms with Crippen molar-refractivity contribution in [3.05, 3.63) is 81.5 Å². The van der Waals surface area contributed by atoms with Crippen LogP contribution < -0.4 is 16.6 Å². The second-order valence-corrected chi connectivity index (χ2v) is 8.42. The number of rotatable bonds is 4. The number of nitrogens with two attached hydrogens (primary N) is 1. The smallest absolute Gasteiger partial charge is 0.399 e. The molecule has 1 atom stereocenters. The van der Waals surface area contributed by atoms with Gasteiger partial charge in [-0.3, -0.25) is 4.79 Å². The van der Waals surface area contributed by atoms with E-state index in [0.717, 1.165) is 28.8 Å². The zero-order valence-corrected chi connectivity index (χ0v) is 19.2. The zero-order valence-electron chi connectivity index (χ0n) is 19.2. The van der Waals surface area contributed by atoms with E-state index in [4.69, 9.17) is 5.73 Å². The molecule has 0 unspecified atom stereocenters. The van der Waals surface area contributed by atoms with E-state index in [1.807, 2.05) is 19.1 Å². The van der Waals surface area contributed by atoms with Crippen LogP contribution in [0.3, 0.4) is 0 Å². The van der Waals surface area contributed by atoms with Crippen molar-refractivity contribution in [2.75, 3.05) is 11.1 Å². The number of alkyl halides is 3. The van der Waals surface area contributed by atoms with Crippen LogP contribution in [0.5, 0.6) is 0 Å². The second-order valence-electron chi connectivity index (χ2n) is 8.42. The maximum atomic E-state index is 13.3. The molecule has 0 saturated carbocycles. The maximum absolute atomic E-state index is 13.3. The van der Waals surface area contributed by atoms with Crippen LogP contribution in [0.15, 0.2) is 53.5 Å². The molecule has 176 valence electrons. The third kappa shape index (κ3) is 4.59. The Kier molecular flexibility index (Phi) is 5.80. The van der Waals surface area contributed by atoms with E-state index in [2.05, 4.69) is 15.3 Å². The molecule has 0 spiro atoms. The predicted molar refractivity (Wildman–Crippen MR) is 128 cm³/mol. The van der Waals surface area contributed by atoms with E-state index in [1.165, 1.54) is 16.7 Å². The molecule has 0 fully saturated rings. The molecule has 2 aromatic carbocycles. The first-order valence-corrected chi connectivity index (χ1v) is 10.6. The monoisotopic (exact) mass is 467 g/mol. The molecule has 0 aliphatic heterocycles. The van der Waals surface area contributed by atoms with Gasteiger partial charge in [-0.2, -0.15) is 13.2 Å². The van der Waals surface area contributed by atoms with Crippen molar-refractivity contribution in [1.82, 2.24) is 14.5 Å². The van der Waals surface area contributed by atoms with Gasteiger partial charge in [-0.15, -0.1) is 0 Å². The maximum Gasteiger partial charge on any atom is 0.416 e. The third-order valence-corrected chi connectivity index (χ3v) is 5.71. The first-order valence-electron chi connectivity index (χ1n) is 10.6. The molecule has 0 radical (unpaired) electrons. The van der Waals surface area contributed by atoms with E-state index >= 15 is 0 Å². The average Bonchev–Trinajstić information content (AvgIpc) is 2.74. The lowest BCUT2D eigenvalue weighted by atomic mass is 9.99. The van der Waals surface area contributed by atoms with Crippen LogP contribution in [0.1, 0.15) is 35.5 Å². The molecule has 4 aromatic rings. The summed E-state index contributed by atoms with van der Waals surface area (Å²) in [6.45, 7) is 5.46. The Morgan fingerprint density at radius 1 is 1.06 bits per heavy atom. The fourth-order valence-electron chi connectivity index (χ4n) is 3.95. The number of pyridine rings is 1. The fraction of sp³-hybridized carbons (Fsp3) is 0.240. The Balaban J connectivity index is 1.80. The summed E-state index contributed by atoms with van der Waals surface area (Å²) in [6.07, 6.45) is -2.74. The highest BCUT2D eigenvalue weighted by atomic mass is 19.4. The molecule has 0 amide bonds. The van der Waals surface area contributed by atoms with Gasteiger partial charge in [0.05, 0.1) is 17.1 Å². The number of fused-ring (bicyclic) bond motifs is 1. The van der Waals surface area contributed by atoms with Crippen molar-refractivity contribution in [2.45, 2.75) is 33.0 Å². The SMILES string of the molecule is Cc1nc(N[C@H](C)c2cc(N)cc(C(F)(F)F)c2)c2cc(-c3ccc(=O)n(C)c3)c(C)cc2n1. The van der Waals surface area contributed by atoms with E-state index in [0.29, 0.717) is 28.1 Å². The molecule has 6 nitrogen and oxygen atoms in total. The van der Waals surface area contributed by atoms with E-state index in [9.17, 15) is 18.0 Å². The Morgan fingerprint density at radius 3 is 2.47 bits per heavy atom. The van der Waals surface area contributed by atoms with Crippen molar-refractivity contribution < 1.29 is 13.2 Å². The van der Waals surface area contributed by atoms with Crippen molar-refractivity contribution >= 4 is 22.4 Å². The Hall–Kier alpha value is -3.88. The van der Waals surface area contributed by atoms with Crippen LogP contribution in [0.2, 0.25) is 0 Å². The number of anilines is 2. The summed E-state index contributed by atoms with van der Waals surface area (Å²) in [7, 11) is 1.68. The molecule has 0 aliphatic carbocycles. The fourth-order valence-corrected chi connectivity index (χ4v) is 3.95. The van der Waals surface area contributed by atoms with Gasteiger partial charge < -0.3 is 15.6 Å². The highest BCUT2D eigenvalue weighted by molar-refractivity contribution is 5.94. The Labute approximate surface area is 194 Å². The lowest BCUT2D eigenvalue weighted by Gasteiger charge is -2.19. The van der Waals surface area contributed by atoms with Gasteiger partial charge in [-0.25, -0.2) is 9.97 Å². The molecule has 2 aromatic heterocycles. The summed E-state index contributed by atoms with van der Waals surface area (Å²) in [5, 5.41) is 3.95. The average molecular weight is 467 g/mol. The summed E-state index contributed by atoms with van der Waals surface area (Å²) in [5.41, 5.74) is 8.69. The van der Waals surface area contributed by atoms with E-state index in [1.54, 1.807) is 33.2 Å². The molecular weight excluding hydrogens is 443 g/mol. The Bertz CT molecular complexity index is 1460. The highest BCUT2D eigenvalue weighted by Gasteiger charge is 2.31. The largest absolute Gasteiger partial charge is 0.416 e. The van der Waals surface area contributed by atoms with Crippen LogP contribution in [0.4, 0.5) is 24.7 Å². The number of nitrogens with one attached hydrogen (secondary N) is 1. The van der Waals surface area contributed by atoms with Crippen LogP contribution in [-0.2, 0) is 13.2 Å². The van der Waals surface area contributed by atoms with Gasteiger partial charge in [0.25, 0.3) is 0 Å². The summed E-state index contributed by atoms with van der Waals surface area (Å²) in [6, 6.07) is 10.1. The van der Waals surface area contributed by atoms with Gasteiger partial charge in [-0.05, 0) is 79.4 Å². The minimum Gasteiger partial charge on any atom is -0.399 e. The Morgan fingerprint density at radius 2 is 1.79 bits per heavy atom. The predicted octanol–water partition coefficient (Wildman–Crippen LogP) is 5.39. The zero-order chi connectivity index (χ0) is 24.8. The van der Waals surface area contributed by atoms with Gasteiger partial charge in [0.2, 0.25) is 5.56 Å². The molecule has 3 N–H and O–H groups in total.